The van der Waals surface area contributed by atoms with Crippen LogP contribution in [0.4, 0.5) is 0 Å². The van der Waals surface area contributed by atoms with Gasteiger partial charge < -0.3 is 5.11 Å². The van der Waals surface area contributed by atoms with Crippen LogP contribution in [0.15, 0.2) is 21.5 Å². The predicted molar refractivity (Wildman–Crippen MR) is 79.4 cm³/mol. The Morgan fingerprint density at radius 1 is 1.50 bits per heavy atom. The molecule has 0 fully saturated rings. The van der Waals surface area contributed by atoms with Crippen LogP contribution in [0, 0.1) is 12.3 Å². The lowest BCUT2D eigenvalue weighted by atomic mass is 10.2. The lowest BCUT2D eigenvalue weighted by Crippen LogP contribution is -2.25. The van der Waals surface area contributed by atoms with Crippen LogP contribution in [0.5, 0.6) is 0 Å². The van der Waals surface area contributed by atoms with Crippen LogP contribution in [-0.2, 0) is 10.0 Å². The molecule has 0 bridgehead atoms. The number of halogens is 2. The van der Waals surface area contributed by atoms with Crippen LogP contribution in [0.25, 0.3) is 0 Å². The van der Waals surface area contributed by atoms with E-state index >= 15 is 0 Å². The van der Waals surface area contributed by atoms with Crippen molar-refractivity contribution in [1.29, 1.82) is 0 Å². The molecular formula is C12H11BrClNO4S. The number of carboxylic acid groups (broad SMARTS) is 1. The summed E-state index contributed by atoms with van der Waals surface area (Å²) in [6, 6.07) is 2.26. The smallest absolute Gasteiger partial charge is 0.337 e. The third-order valence-electron chi connectivity index (χ3n) is 2.33. The molecule has 0 saturated carbocycles. The van der Waals surface area contributed by atoms with Gasteiger partial charge in [-0.1, -0.05) is 11.6 Å². The first kappa shape index (κ1) is 17.0. The second-order valence-electron chi connectivity index (χ2n) is 3.78. The first-order valence-corrected chi connectivity index (χ1v) is 8.10. The van der Waals surface area contributed by atoms with E-state index in [1.807, 2.05) is 0 Å². The molecule has 0 aliphatic heterocycles. The molecule has 0 aromatic heterocycles. The highest BCUT2D eigenvalue weighted by atomic mass is 79.9. The van der Waals surface area contributed by atoms with Crippen molar-refractivity contribution in [3.05, 3.63) is 27.2 Å². The zero-order valence-electron chi connectivity index (χ0n) is 10.2. The first-order chi connectivity index (χ1) is 9.29. The van der Waals surface area contributed by atoms with Crippen LogP contribution >= 0.6 is 27.5 Å². The van der Waals surface area contributed by atoms with E-state index in [2.05, 4.69) is 26.6 Å². The number of unbranched alkanes of at least 4 members (excludes halogenated alkanes) is 1. The second-order valence-corrected chi connectivity index (χ2v) is 6.78. The minimum absolute atomic E-state index is 0.0521. The van der Waals surface area contributed by atoms with E-state index in [1.54, 1.807) is 0 Å². The minimum Gasteiger partial charge on any atom is -0.478 e. The average molecular weight is 381 g/mol. The van der Waals surface area contributed by atoms with Crippen LogP contribution in [0.1, 0.15) is 23.2 Å². The molecular weight excluding hydrogens is 370 g/mol. The quantitative estimate of drug-likeness (QED) is 0.587. The molecule has 8 heteroatoms. The number of benzene rings is 1. The second kappa shape index (κ2) is 7.09. The van der Waals surface area contributed by atoms with Crippen LogP contribution < -0.4 is 4.72 Å². The van der Waals surface area contributed by atoms with Gasteiger partial charge in [0.2, 0.25) is 10.0 Å². The van der Waals surface area contributed by atoms with Crippen molar-refractivity contribution in [2.75, 3.05) is 6.54 Å². The van der Waals surface area contributed by atoms with Gasteiger partial charge in [0, 0.05) is 17.4 Å². The minimum atomic E-state index is -3.81. The van der Waals surface area contributed by atoms with E-state index in [1.165, 1.54) is 6.07 Å². The van der Waals surface area contributed by atoms with Gasteiger partial charge in [0.15, 0.2) is 0 Å². The Morgan fingerprint density at radius 2 is 2.15 bits per heavy atom. The van der Waals surface area contributed by atoms with Gasteiger partial charge in [0.1, 0.15) is 0 Å². The highest BCUT2D eigenvalue weighted by Crippen LogP contribution is 2.29. The van der Waals surface area contributed by atoms with Crippen LogP contribution in [0.3, 0.4) is 0 Å². The van der Waals surface area contributed by atoms with Gasteiger partial charge in [-0.3, -0.25) is 0 Å². The average Bonchev–Trinajstić information content (AvgIpc) is 2.37. The molecule has 2 N–H and O–H groups in total. The Morgan fingerprint density at radius 3 is 2.70 bits per heavy atom. The summed E-state index contributed by atoms with van der Waals surface area (Å²) in [5.41, 5.74) is -0.287. The molecule has 0 spiro atoms. The van der Waals surface area contributed by atoms with Gasteiger partial charge in [-0.25, -0.2) is 17.9 Å². The van der Waals surface area contributed by atoms with E-state index in [-0.39, 0.29) is 26.5 Å². The number of rotatable bonds is 6. The monoisotopic (exact) mass is 379 g/mol. The van der Waals surface area contributed by atoms with E-state index in [0.717, 1.165) is 6.07 Å². The SMILES string of the molecule is C#CCCCNS(=O)(=O)c1cc(Br)c(Cl)c(C(=O)O)c1. The van der Waals surface area contributed by atoms with E-state index < -0.39 is 16.0 Å². The molecule has 1 aromatic carbocycles. The van der Waals surface area contributed by atoms with Crippen molar-refractivity contribution in [3.8, 4) is 12.3 Å². The molecule has 0 heterocycles. The van der Waals surface area contributed by atoms with Crippen LogP contribution in [0.2, 0.25) is 5.02 Å². The Labute approximate surface area is 130 Å². The maximum Gasteiger partial charge on any atom is 0.337 e. The summed E-state index contributed by atoms with van der Waals surface area (Å²) in [6.45, 7) is 0.176. The molecule has 20 heavy (non-hydrogen) atoms. The number of sulfonamides is 1. The number of carboxylic acids is 1. The molecule has 0 aliphatic rings. The topological polar surface area (TPSA) is 83.5 Å². The highest BCUT2D eigenvalue weighted by Gasteiger charge is 2.20. The number of hydrogen-bond donors (Lipinski definition) is 2. The maximum absolute atomic E-state index is 12.0. The molecule has 108 valence electrons. The summed E-state index contributed by atoms with van der Waals surface area (Å²) in [4.78, 5) is 10.8. The fourth-order valence-corrected chi connectivity index (χ4v) is 3.28. The van der Waals surface area contributed by atoms with Crippen molar-refractivity contribution in [2.45, 2.75) is 17.7 Å². The molecule has 0 unspecified atom stereocenters. The number of terminal acetylenes is 1. The lowest BCUT2D eigenvalue weighted by Gasteiger charge is -2.09. The maximum atomic E-state index is 12.0. The molecule has 0 radical (unpaired) electrons. The number of nitrogens with one attached hydrogen (secondary N) is 1. The summed E-state index contributed by atoms with van der Waals surface area (Å²) < 4.78 is 26.6. The first-order valence-electron chi connectivity index (χ1n) is 5.45. The van der Waals surface area contributed by atoms with E-state index in [0.29, 0.717) is 12.8 Å². The Bertz CT molecular complexity index is 667. The van der Waals surface area contributed by atoms with Gasteiger partial charge in [-0.15, -0.1) is 12.3 Å². The Balaban J connectivity index is 3.07. The summed E-state index contributed by atoms with van der Waals surface area (Å²) in [6.07, 6.45) is 6.01. The summed E-state index contributed by atoms with van der Waals surface area (Å²) >= 11 is 8.83. The lowest BCUT2D eigenvalue weighted by molar-refractivity contribution is 0.0696. The Hall–Kier alpha value is -1.07. The van der Waals surface area contributed by atoms with Gasteiger partial charge in [-0.05, 0) is 34.5 Å². The van der Waals surface area contributed by atoms with Gasteiger partial charge in [0.05, 0.1) is 15.5 Å². The largest absolute Gasteiger partial charge is 0.478 e. The number of aromatic carboxylic acids is 1. The molecule has 0 amide bonds. The molecule has 0 saturated heterocycles. The summed E-state index contributed by atoms with van der Waals surface area (Å²) in [5, 5.41) is 8.93. The normalized spacial score (nSPS) is 11.1. The Kier molecular flexibility index (Phi) is 6.02. The van der Waals surface area contributed by atoms with Gasteiger partial charge in [0.25, 0.3) is 0 Å². The molecule has 0 aliphatic carbocycles. The fourth-order valence-electron chi connectivity index (χ4n) is 1.36. The van der Waals surface area contributed by atoms with Crippen molar-refractivity contribution < 1.29 is 18.3 Å². The summed E-state index contributed by atoms with van der Waals surface area (Å²) in [5.74, 6) is 1.09. The number of hydrogen-bond acceptors (Lipinski definition) is 3. The van der Waals surface area contributed by atoms with E-state index in [4.69, 9.17) is 23.1 Å². The van der Waals surface area contributed by atoms with Crippen LogP contribution in [-0.4, -0.2) is 26.0 Å². The zero-order valence-corrected chi connectivity index (χ0v) is 13.3. The van der Waals surface area contributed by atoms with Crippen molar-refractivity contribution in [1.82, 2.24) is 4.72 Å². The number of carbonyl (C=O) groups is 1. The highest BCUT2D eigenvalue weighted by molar-refractivity contribution is 9.10. The standard InChI is InChI=1S/C12H11BrClNO4S/c1-2-3-4-5-15-20(18,19)8-6-9(12(16)17)11(14)10(13)7-8/h1,6-7,15H,3-5H2,(H,16,17). The fraction of sp³-hybridized carbons (Fsp3) is 0.250. The third-order valence-corrected chi connectivity index (χ3v) is 5.03. The molecule has 5 nitrogen and oxygen atoms in total. The third kappa shape index (κ3) is 4.21. The molecule has 0 atom stereocenters. The van der Waals surface area contributed by atoms with E-state index in [9.17, 15) is 13.2 Å². The van der Waals surface area contributed by atoms with Crippen molar-refractivity contribution >= 4 is 43.5 Å². The van der Waals surface area contributed by atoms with Gasteiger partial charge >= 0.3 is 5.97 Å². The van der Waals surface area contributed by atoms with Crippen molar-refractivity contribution in [3.63, 3.8) is 0 Å². The van der Waals surface area contributed by atoms with Gasteiger partial charge in [-0.2, -0.15) is 0 Å². The zero-order chi connectivity index (χ0) is 15.3. The predicted octanol–water partition coefficient (Wildman–Crippen LogP) is 2.49. The summed E-state index contributed by atoms with van der Waals surface area (Å²) in [7, 11) is -3.81. The van der Waals surface area contributed by atoms with Crippen molar-refractivity contribution in [2.24, 2.45) is 0 Å². The molecule has 1 rings (SSSR count). The molecule has 1 aromatic rings.